The van der Waals surface area contributed by atoms with Crippen molar-refractivity contribution < 1.29 is 28.6 Å². The van der Waals surface area contributed by atoms with E-state index < -0.39 is 16.6 Å². The fourth-order valence-corrected chi connectivity index (χ4v) is 11.7. The van der Waals surface area contributed by atoms with Gasteiger partial charge in [-0.2, -0.15) is 0 Å². The van der Waals surface area contributed by atoms with Crippen molar-refractivity contribution in [3.05, 3.63) is 11.6 Å². The Labute approximate surface area is 240 Å². The Bertz CT molecular complexity index is 1150. The van der Waals surface area contributed by atoms with Gasteiger partial charge in [-0.05, 0) is 90.9 Å². The lowest BCUT2D eigenvalue weighted by Gasteiger charge is -2.70. The molecule has 1 heterocycles. The third-order valence-electron chi connectivity index (χ3n) is 14.1. The molecule has 0 aromatic heterocycles. The summed E-state index contributed by atoms with van der Waals surface area (Å²) in [5.74, 6) is -0.654. The number of ketones is 1. The van der Waals surface area contributed by atoms with E-state index in [9.17, 15) is 14.4 Å². The molecule has 5 aliphatic carbocycles. The van der Waals surface area contributed by atoms with Crippen molar-refractivity contribution in [2.24, 2.45) is 50.2 Å². The quantitative estimate of drug-likeness (QED) is 0.295. The Kier molecular flexibility index (Phi) is 6.25. The number of methoxy groups -OCH3 is 1. The molecule has 6 rings (SSSR count). The van der Waals surface area contributed by atoms with E-state index in [1.54, 1.807) is 0 Å². The Morgan fingerprint density at radius 2 is 1.65 bits per heavy atom. The highest BCUT2D eigenvalue weighted by molar-refractivity contribution is 5.96. The van der Waals surface area contributed by atoms with Gasteiger partial charge in [-0.15, -0.1) is 0 Å². The first kappa shape index (κ1) is 28.6. The zero-order chi connectivity index (χ0) is 29.0. The summed E-state index contributed by atoms with van der Waals surface area (Å²) in [6.07, 6.45) is 11.3. The number of aldehydes is 1. The van der Waals surface area contributed by atoms with Crippen LogP contribution in [-0.4, -0.2) is 44.1 Å². The third-order valence-corrected chi connectivity index (χ3v) is 14.1. The van der Waals surface area contributed by atoms with Gasteiger partial charge in [0.2, 0.25) is 0 Å². The van der Waals surface area contributed by atoms with Crippen LogP contribution in [0.2, 0.25) is 0 Å². The van der Waals surface area contributed by atoms with E-state index in [1.807, 2.05) is 6.08 Å². The van der Waals surface area contributed by atoms with Crippen molar-refractivity contribution in [2.45, 2.75) is 112 Å². The lowest BCUT2D eigenvalue weighted by atomic mass is 9.33. The van der Waals surface area contributed by atoms with Gasteiger partial charge in [0.25, 0.3) is 0 Å². The van der Waals surface area contributed by atoms with Crippen LogP contribution in [0.4, 0.5) is 0 Å². The Hall–Kier alpha value is -1.53. The number of hydrogen-bond acceptors (Lipinski definition) is 6. The molecule has 4 saturated carbocycles. The van der Waals surface area contributed by atoms with Crippen LogP contribution in [-0.2, 0) is 28.6 Å². The van der Waals surface area contributed by atoms with E-state index in [2.05, 4.69) is 41.5 Å². The number of allylic oxidation sites excluding steroid dienone is 2. The van der Waals surface area contributed by atoms with Gasteiger partial charge in [0.1, 0.15) is 6.29 Å². The second-order valence-electron chi connectivity index (χ2n) is 16.1. The predicted molar refractivity (Wildman–Crippen MR) is 151 cm³/mol. The fraction of sp³-hybridized carbons (Fsp3) is 0.853. The van der Waals surface area contributed by atoms with E-state index in [-0.39, 0.29) is 51.2 Å². The minimum absolute atomic E-state index is 0.00894. The van der Waals surface area contributed by atoms with Crippen LogP contribution in [0.3, 0.4) is 0 Å². The van der Waals surface area contributed by atoms with Crippen molar-refractivity contribution in [3.8, 4) is 0 Å². The van der Waals surface area contributed by atoms with Crippen LogP contribution in [0.1, 0.15) is 106 Å². The van der Waals surface area contributed by atoms with Gasteiger partial charge in [0.15, 0.2) is 11.6 Å². The Morgan fingerprint density at radius 3 is 2.30 bits per heavy atom. The summed E-state index contributed by atoms with van der Waals surface area (Å²) in [6, 6.07) is 0. The largest absolute Gasteiger partial charge is 0.469 e. The molecule has 0 amide bonds. The van der Waals surface area contributed by atoms with Crippen LogP contribution in [0, 0.1) is 50.2 Å². The van der Waals surface area contributed by atoms with Gasteiger partial charge in [0, 0.05) is 24.2 Å². The van der Waals surface area contributed by atoms with Crippen molar-refractivity contribution in [1.82, 2.24) is 0 Å². The second-order valence-corrected chi connectivity index (χ2v) is 16.1. The molecule has 0 aromatic rings. The maximum absolute atomic E-state index is 14.6. The summed E-state index contributed by atoms with van der Waals surface area (Å²) in [6.45, 7) is 15.1. The van der Waals surface area contributed by atoms with Crippen LogP contribution < -0.4 is 0 Å². The third kappa shape index (κ3) is 3.33. The number of rotatable bonds is 3. The molecule has 0 radical (unpaired) electrons. The van der Waals surface area contributed by atoms with E-state index in [0.717, 1.165) is 64.1 Å². The van der Waals surface area contributed by atoms with E-state index in [1.165, 1.54) is 12.7 Å². The number of ether oxygens (including phenoxy) is 3. The Balaban J connectivity index is 1.47. The maximum atomic E-state index is 14.6. The van der Waals surface area contributed by atoms with Crippen molar-refractivity contribution in [1.29, 1.82) is 0 Å². The maximum Gasteiger partial charge on any atom is 0.312 e. The zero-order valence-corrected chi connectivity index (χ0v) is 25.8. The standard InChI is InChI=1S/C34H50O6/c1-28(2)10-13-33(27(37)38-7)14-12-32(6)26(22(33)21-28)23(36)20-25-29(3)11-15-34(39-18-19-40-34)31(5,16-17-35)24(29)8-9-30(25,32)4/h17,20,22,24,26H,8-16,18-19,21H2,1-7H3/t22-,24+,26-,29-,30+,31-,32+,33-/m0/s1. The molecule has 1 aliphatic heterocycles. The van der Waals surface area contributed by atoms with Crippen LogP contribution >= 0.6 is 0 Å². The molecule has 6 aliphatic rings. The molecule has 222 valence electrons. The normalized spacial score (nSPS) is 48.7. The summed E-state index contributed by atoms with van der Waals surface area (Å²) < 4.78 is 18.1. The summed E-state index contributed by atoms with van der Waals surface area (Å²) in [7, 11) is 1.51. The molecule has 0 aromatic carbocycles. The zero-order valence-electron chi connectivity index (χ0n) is 25.8. The molecule has 1 spiro atoms. The van der Waals surface area contributed by atoms with Gasteiger partial charge >= 0.3 is 5.97 Å². The van der Waals surface area contributed by atoms with E-state index in [0.29, 0.717) is 19.6 Å². The molecule has 40 heavy (non-hydrogen) atoms. The van der Waals surface area contributed by atoms with Crippen LogP contribution in [0.5, 0.6) is 0 Å². The first-order chi connectivity index (χ1) is 18.7. The highest BCUT2D eigenvalue weighted by Gasteiger charge is 2.73. The molecular weight excluding hydrogens is 504 g/mol. The van der Waals surface area contributed by atoms with Crippen LogP contribution in [0.25, 0.3) is 0 Å². The monoisotopic (exact) mass is 554 g/mol. The summed E-state index contributed by atoms with van der Waals surface area (Å²) >= 11 is 0. The number of fused-ring (bicyclic) bond motifs is 7. The summed E-state index contributed by atoms with van der Waals surface area (Å²) in [4.78, 5) is 40.2. The van der Waals surface area contributed by atoms with Gasteiger partial charge < -0.3 is 19.0 Å². The minimum Gasteiger partial charge on any atom is -0.469 e. The molecule has 0 unspecified atom stereocenters. The smallest absolute Gasteiger partial charge is 0.312 e. The van der Waals surface area contributed by atoms with Gasteiger partial charge in [-0.3, -0.25) is 9.59 Å². The molecule has 5 fully saturated rings. The molecule has 8 atom stereocenters. The van der Waals surface area contributed by atoms with E-state index in [4.69, 9.17) is 14.2 Å². The second kappa shape index (κ2) is 8.75. The molecular formula is C34H50O6. The highest BCUT2D eigenvalue weighted by Crippen LogP contribution is 2.76. The number of esters is 1. The topological polar surface area (TPSA) is 78.9 Å². The van der Waals surface area contributed by atoms with Gasteiger partial charge in [0.05, 0.1) is 25.7 Å². The number of carbonyl (C=O) groups excluding carboxylic acids is 3. The predicted octanol–water partition coefficient (Wildman–Crippen LogP) is 6.45. The molecule has 6 nitrogen and oxygen atoms in total. The summed E-state index contributed by atoms with van der Waals surface area (Å²) in [5, 5.41) is 0. The highest BCUT2D eigenvalue weighted by atomic mass is 16.7. The first-order valence-corrected chi connectivity index (χ1v) is 15.8. The minimum atomic E-state index is -0.726. The lowest BCUT2D eigenvalue weighted by Crippen LogP contribution is -2.68. The fourth-order valence-electron chi connectivity index (χ4n) is 11.7. The molecule has 6 heteroatoms. The Morgan fingerprint density at radius 1 is 0.975 bits per heavy atom. The van der Waals surface area contributed by atoms with Crippen molar-refractivity contribution in [3.63, 3.8) is 0 Å². The van der Waals surface area contributed by atoms with Crippen LogP contribution in [0.15, 0.2) is 11.6 Å². The van der Waals surface area contributed by atoms with Crippen molar-refractivity contribution >= 4 is 18.0 Å². The van der Waals surface area contributed by atoms with E-state index >= 15 is 0 Å². The molecule has 0 N–H and O–H groups in total. The van der Waals surface area contributed by atoms with Gasteiger partial charge in [-0.1, -0.05) is 47.1 Å². The van der Waals surface area contributed by atoms with Gasteiger partial charge in [-0.25, -0.2) is 0 Å². The molecule has 1 saturated heterocycles. The lowest BCUT2D eigenvalue weighted by molar-refractivity contribution is -0.293. The average Bonchev–Trinajstić information content (AvgIpc) is 3.38. The molecule has 0 bridgehead atoms. The number of carbonyl (C=O) groups is 3. The number of hydrogen-bond donors (Lipinski definition) is 0. The summed E-state index contributed by atoms with van der Waals surface area (Å²) in [5.41, 5.74) is -0.280. The van der Waals surface area contributed by atoms with Crippen molar-refractivity contribution in [2.75, 3.05) is 20.3 Å². The SMILES string of the molecule is COC(=O)[C@]12CCC(C)(C)C[C@H]1[C@H]1C(=O)C=C3[C@@]4(C)CCC5(OCCO5)[C@@](C)(CC=O)[C@@H]4CC[C@@]3(C)[C@]1(C)CC2. The first-order valence-electron chi connectivity index (χ1n) is 15.8. The average molecular weight is 555 g/mol.